The van der Waals surface area contributed by atoms with Gasteiger partial charge in [-0.3, -0.25) is 10.1 Å². The third-order valence-electron chi connectivity index (χ3n) is 4.32. The van der Waals surface area contributed by atoms with E-state index in [1.807, 2.05) is 37.3 Å². The second-order valence-electron chi connectivity index (χ2n) is 6.16. The smallest absolute Gasteiger partial charge is 0.407 e. The lowest BCUT2D eigenvalue weighted by molar-refractivity contribution is -0.143. The molecule has 3 saturated heterocycles. The molecule has 1 atom stereocenters. The van der Waals surface area contributed by atoms with Crippen molar-refractivity contribution in [3.05, 3.63) is 35.9 Å². The summed E-state index contributed by atoms with van der Waals surface area (Å²) in [6.45, 7) is 1.24. The molecule has 126 valence electrons. The van der Waals surface area contributed by atoms with Crippen LogP contribution in [0.4, 0.5) is 0 Å². The van der Waals surface area contributed by atoms with Crippen LogP contribution in [-0.4, -0.2) is 55.7 Å². The van der Waals surface area contributed by atoms with Crippen LogP contribution in [0.3, 0.4) is 0 Å². The van der Waals surface area contributed by atoms with Crippen LogP contribution in [0.2, 0.25) is 0 Å². The molecule has 1 aromatic rings. The highest BCUT2D eigenvalue weighted by Gasteiger charge is 2.51. The molecular formula is C15H21BNO6-. The van der Waals surface area contributed by atoms with Crippen LogP contribution in [0.5, 0.6) is 0 Å². The Bertz CT molecular complexity index is 530. The Morgan fingerprint density at radius 1 is 1.30 bits per heavy atom. The van der Waals surface area contributed by atoms with Crippen molar-refractivity contribution in [3.8, 4) is 0 Å². The van der Waals surface area contributed by atoms with E-state index in [1.165, 1.54) is 0 Å². The molecule has 2 N–H and O–H groups in total. The zero-order valence-corrected chi connectivity index (χ0v) is 13.1. The number of hydrogen-bond donors (Lipinski definition) is 2. The quantitative estimate of drug-likeness (QED) is 0.709. The highest BCUT2D eigenvalue weighted by Crippen LogP contribution is 2.33. The van der Waals surface area contributed by atoms with Crippen molar-refractivity contribution in [3.63, 3.8) is 0 Å². The fourth-order valence-electron chi connectivity index (χ4n) is 2.84. The SMILES string of the molecule is C[C@H](OCc1ccccc1)[B-]12OCC(NCC(=O)O)(CO1)CO2. The standard InChI is InChI=1S/C15H21BNO6/c1-12(20-8-13-5-3-2-4-6-13)16-21-9-15(10-22-16,11-23-16)17-7-14(18)19/h2-6,12,17H,7-11H2,1H3,(H,18,19)/q-1/t12-,15?,16?/m0/s1. The Labute approximate surface area is 134 Å². The van der Waals surface area contributed by atoms with E-state index < -0.39 is 18.3 Å². The van der Waals surface area contributed by atoms with Gasteiger partial charge in [0.25, 0.3) is 0 Å². The third-order valence-corrected chi connectivity index (χ3v) is 4.32. The average molecular weight is 322 g/mol. The Hall–Kier alpha value is -1.45. The molecule has 2 bridgehead atoms. The second kappa shape index (κ2) is 6.58. The molecule has 3 aliphatic heterocycles. The van der Waals surface area contributed by atoms with Gasteiger partial charge in [0.05, 0.1) is 18.7 Å². The van der Waals surface area contributed by atoms with E-state index in [9.17, 15) is 4.79 Å². The Morgan fingerprint density at radius 3 is 2.48 bits per heavy atom. The molecule has 0 unspecified atom stereocenters. The summed E-state index contributed by atoms with van der Waals surface area (Å²) in [6, 6.07) is 9.50. The molecule has 0 aromatic heterocycles. The summed E-state index contributed by atoms with van der Waals surface area (Å²) in [5.41, 5.74) is 0.469. The maximum Gasteiger partial charge on any atom is 0.407 e. The minimum absolute atomic E-state index is 0.157. The lowest BCUT2D eigenvalue weighted by atomic mass is 9.67. The maximum absolute atomic E-state index is 10.7. The molecule has 23 heavy (non-hydrogen) atoms. The number of aliphatic carboxylic acids is 1. The predicted octanol–water partition coefficient (Wildman–Crippen LogP) is 0.560. The van der Waals surface area contributed by atoms with Crippen LogP contribution >= 0.6 is 0 Å². The normalized spacial score (nSPS) is 31.0. The Kier molecular flexibility index (Phi) is 4.70. The van der Waals surface area contributed by atoms with Crippen molar-refractivity contribution in [2.24, 2.45) is 0 Å². The van der Waals surface area contributed by atoms with Gasteiger partial charge in [0.1, 0.15) is 0 Å². The van der Waals surface area contributed by atoms with Crippen LogP contribution in [0, 0.1) is 0 Å². The molecule has 0 saturated carbocycles. The fourth-order valence-corrected chi connectivity index (χ4v) is 2.84. The van der Waals surface area contributed by atoms with Gasteiger partial charge in [-0.1, -0.05) is 37.3 Å². The van der Waals surface area contributed by atoms with Crippen molar-refractivity contribution >= 4 is 12.7 Å². The van der Waals surface area contributed by atoms with Crippen molar-refractivity contribution < 1.29 is 28.6 Å². The van der Waals surface area contributed by atoms with Crippen molar-refractivity contribution in [2.75, 3.05) is 26.4 Å². The van der Waals surface area contributed by atoms with Crippen molar-refractivity contribution in [1.29, 1.82) is 0 Å². The van der Waals surface area contributed by atoms with Crippen LogP contribution < -0.4 is 5.32 Å². The number of rotatable bonds is 7. The molecule has 7 nitrogen and oxygen atoms in total. The first kappa shape index (κ1) is 16.4. The number of ether oxygens (including phenoxy) is 1. The topological polar surface area (TPSA) is 86.3 Å². The first-order chi connectivity index (χ1) is 11.0. The molecule has 8 heteroatoms. The maximum atomic E-state index is 10.7. The molecule has 3 heterocycles. The molecule has 0 spiro atoms. The van der Waals surface area contributed by atoms with Gasteiger partial charge in [0.15, 0.2) is 0 Å². The average Bonchev–Trinajstić information content (AvgIpc) is 2.60. The second-order valence-corrected chi connectivity index (χ2v) is 6.16. The molecule has 3 fully saturated rings. The highest BCUT2D eigenvalue weighted by atomic mass is 16.8. The molecule has 0 aliphatic carbocycles. The minimum Gasteiger partial charge on any atom is -0.541 e. The van der Waals surface area contributed by atoms with E-state index in [0.29, 0.717) is 26.4 Å². The van der Waals surface area contributed by atoms with Crippen LogP contribution in [-0.2, 0) is 30.1 Å². The summed E-state index contributed by atoms with van der Waals surface area (Å²) < 4.78 is 23.2. The lowest BCUT2D eigenvalue weighted by Gasteiger charge is -2.60. The summed E-state index contributed by atoms with van der Waals surface area (Å²) >= 11 is 0. The van der Waals surface area contributed by atoms with Gasteiger partial charge in [-0.15, -0.1) is 0 Å². The first-order valence-corrected chi connectivity index (χ1v) is 7.72. The van der Waals surface area contributed by atoms with Gasteiger partial charge in [-0.2, -0.15) is 0 Å². The van der Waals surface area contributed by atoms with Gasteiger partial charge in [-0.05, 0) is 5.56 Å². The molecule has 0 radical (unpaired) electrons. The summed E-state index contributed by atoms with van der Waals surface area (Å²) in [4.78, 5) is 10.7. The zero-order valence-electron chi connectivity index (χ0n) is 13.1. The molecule has 4 rings (SSSR count). The van der Waals surface area contributed by atoms with E-state index >= 15 is 0 Å². The summed E-state index contributed by atoms with van der Waals surface area (Å²) in [6.07, 6.45) is 0. The molecule has 0 amide bonds. The highest BCUT2D eigenvalue weighted by molar-refractivity contribution is 6.62. The monoisotopic (exact) mass is 322 g/mol. The lowest BCUT2D eigenvalue weighted by Crippen LogP contribution is -2.75. The van der Waals surface area contributed by atoms with E-state index in [0.717, 1.165) is 5.56 Å². The number of carbonyl (C=O) groups is 1. The number of carboxylic acid groups (broad SMARTS) is 1. The number of carboxylic acids is 1. The van der Waals surface area contributed by atoms with Crippen molar-refractivity contribution in [2.45, 2.75) is 25.1 Å². The largest absolute Gasteiger partial charge is 0.541 e. The first-order valence-electron chi connectivity index (χ1n) is 7.72. The van der Waals surface area contributed by atoms with Crippen LogP contribution in [0.25, 0.3) is 0 Å². The van der Waals surface area contributed by atoms with E-state index in [4.69, 9.17) is 23.8 Å². The predicted molar refractivity (Wildman–Crippen MR) is 82.7 cm³/mol. The van der Waals surface area contributed by atoms with Gasteiger partial charge < -0.3 is 23.8 Å². The number of benzene rings is 1. The fraction of sp³-hybridized carbons (Fsp3) is 0.533. The number of hydrogen-bond acceptors (Lipinski definition) is 6. The third kappa shape index (κ3) is 3.56. The van der Waals surface area contributed by atoms with Crippen LogP contribution in [0.1, 0.15) is 12.5 Å². The summed E-state index contributed by atoms with van der Waals surface area (Å²) in [5, 5.41) is 11.7. The number of fused-ring (bicyclic) bond motifs is 3. The van der Waals surface area contributed by atoms with Crippen LogP contribution in [0.15, 0.2) is 30.3 Å². The summed E-state index contributed by atoms with van der Waals surface area (Å²) in [7, 11) is 0. The van der Waals surface area contributed by atoms with E-state index in [1.54, 1.807) is 0 Å². The summed E-state index contributed by atoms with van der Waals surface area (Å²) in [5.74, 6) is -0.924. The van der Waals surface area contributed by atoms with Gasteiger partial charge >= 0.3 is 12.7 Å². The van der Waals surface area contributed by atoms with Crippen molar-refractivity contribution in [1.82, 2.24) is 5.32 Å². The zero-order chi connectivity index (χ0) is 16.3. The Balaban J connectivity index is 1.55. The minimum atomic E-state index is -1.96. The van der Waals surface area contributed by atoms with E-state index in [2.05, 4.69) is 5.32 Å². The molecular weight excluding hydrogens is 301 g/mol. The molecule has 3 aliphatic rings. The van der Waals surface area contributed by atoms with E-state index in [-0.39, 0.29) is 12.5 Å². The van der Waals surface area contributed by atoms with Gasteiger partial charge in [0.2, 0.25) is 0 Å². The van der Waals surface area contributed by atoms with Gasteiger partial charge in [-0.25, -0.2) is 0 Å². The molecule has 1 aromatic carbocycles. The Morgan fingerprint density at radius 2 is 1.91 bits per heavy atom. The number of nitrogens with one attached hydrogen (secondary N) is 1. The van der Waals surface area contributed by atoms with Gasteiger partial charge in [0, 0.05) is 25.8 Å².